The van der Waals surface area contributed by atoms with E-state index < -0.39 is 15.8 Å². The monoisotopic (exact) mass is 316 g/mol. The second-order valence-electron chi connectivity index (χ2n) is 4.85. The molecule has 0 atom stereocenters. The van der Waals surface area contributed by atoms with Crippen molar-refractivity contribution in [2.24, 2.45) is 0 Å². The third-order valence-corrected chi connectivity index (χ3v) is 3.23. The third kappa shape index (κ3) is 3.49. The van der Waals surface area contributed by atoms with Crippen LogP contribution in [0.25, 0.3) is 0 Å². The number of hydrogen-bond acceptors (Lipinski definition) is 6. The number of nitro benzene ring substituents is 2. The number of esters is 1. The van der Waals surface area contributed by atoms with Gasteiger partial charge in [-0.2, -0.15) is 0 Å². The maximum Gasteiger partial charge on any atom is 0.344 e. The highest BCUT2D eigenvalue weighted by atomic mass is 16.6. The zero-order valence-electron chi connectivity index (χ0n) is 12.3. The molecular formula is C15H12N2O6. The summed E-state index contributed by atoms with van der Waals surface area (Å²) < 4.78 is 5.15. The molecule has 2 aromatic carbocycles. The number of nitro groups is 2. The SMILES string of the molecule is Cc1ccc([N+](=O)[O-])cc1C(=O)Oc1ccc([N+](=O)[O-])c(C)c1. The van der Waals surface area contributed by atoms with E-state index in [-0.39, 0.29) is 22.7 Å². The van der Waals surface area contributed by atoms with E-state index in [9.17, 15) is 25.0 Å². The van der Waals surface area contributed by atoms with E-state index in [1.165, 1.54) is 37.3 Å². The van der Waals surface area contributed by atoms with E-state index in [1.807, 2.05) is 0 Å². The molecule has 0 unspecified atom stereocenters. The number of rotatable bonds is 4. The highest BCUT2D eigenvalue weighted by Crippen LogP contribution is 2.25. The van der Waals surface area contributed by atoms with Gasteiger partial charge >= 0.3 is 5.97 Å². The van der Waals surface area contributed by atoms with Crippen LogP contribution < -0.4 is 4.74 Å². The number of non-ortho nitro benzene ring substituents is 1. The Labute approximate surface area is 130 Å². The van der Waals surface area contributed by atoms with Gasteiger partial charge in [0.15, 0.2) is 0 Å². The van der Waals surface area contributed by atoms with Gasteiger partial charge in [-0.3, -0.25) is 20.2 Å². The molecule has 0 bridgehead atoms. The lowest BCUT2D eigenvalue weighted by Gasteiger charge is -2.07. The van der Waals surface area contributed by atoms with Gasteiger partial charge in [-0.05, 0) is 31.5 Å². The predicted molar refractivity (Wildman–Crippen MR) is 80.6 cm³/mol. The maximum atomic E-state index is 12.2. The van der Waals surface area contributed by atoms with Gasteiger partial charge in [0, 0.05) is 23.8 Å². The van der Waals surface area contributed by atoms with Crippen LogP contribution in [0.15, 0.2) is 36.4 Å². The molecule has 0 N–H and O–H groups in total. The van der Waals surface area contributed by atoms with Crippen LogP contribution in [0.2, 0.25) is 0 Å². The van der Waals surface area contributed by atoms with Crippen LogP contribution in [0, 0.1) is 34.1 Å². The maximum absolute atomic E-state index is 12.2. The molecular weight excluding hydrogens is 304 g/mol. The smallest absolute Gasteiger partial charge is 0.344 e. The molecule has 8 heteroatoms. The fourth-order valence-electron chi connectivity index (χ4n) is 2.00. The fourth-order valence-corrected chi connectivity index (χ4v) is 2.00. The number of carbonyl (C=O) groups is 1. The lowest BCUT2D eigenvalue weighted by molar-refractivity contribution is -0.385. The van der Waals surface area contributed by atoms with E-state index in [0.29, 0.717) is 11.1 Å². The first-order valence-electron chi connectivity index (χ1n) is 6.52. The van der Waals surface area contributed by atoms with Gasteiger partial charge in [0.1, 0.15) is 5.75 Å². The molecule has 0 saturated carbocycles. The molecule has 0 aliphatic heterocycles. The Morgan fingerprint density at radius 1 is 0.957 bits per heavy atom. The molecule has 0 saturated heterocycles. The second kappa shape index (κ2) is 6.22. The first-order chi connectivity index (χ1) is 10.8. The molecule has 0 aliphatic carbocycles. The molecule has 0 spiro atoms. The highest BCUT2D eigenvalue weighted by Gasteiger charge is 2.18. The molecule has 118 valence electrons. The molecule has 0 amide bonds. The zero-order valence-corrected chi connectivity index (χ0v) is 12.3. The van der Waals surface area contributed by atoms with E-state index >= 15 is 0 Å². The van der Waals surface area contributed by atoms with Crippen LogP contribution in [-0.2, 0) is 0 Å². The zero-order chi connectivity index (χ0) is 17.1. The molecule has 2 rings (SSSR count). The summed E-state index contributed by atoms with van der Waals surface area (Å²) in [5.74, 6) is -0.636. The standard InChI is InChI=1S/C15H12N2O6/c1-9-3-4-11(16(19)20)8-13(9)15(18)23-12-5-6-14(17(21)22)10(2)7-12/h3-8H,1-2H3. The van der Waals surface area contributed by atoms with Crippen molar-refractivity contribution in [3.63, 3.8) is 0 Å². The summed E-state index contributed by atoms with van der Waals surface area (Å²) >= 11 is 0. The van der Waals surface area contributed by atoms with Gasteiger partial charge in [-0.15, -0.1) is 0 Å². The Hall–Kier alpha value is -3.29. The van der Waals surface area contributed by atoms with Crippen molar-refractivity contribution in [3.05, 3.63) is 73.3 Å². The lowest BCUT2D eigenvalue weighted by atomic mass is 10.1. The van der Waals surface area contributed by atoms with Crippen LogP contribution in [-0.4, -0.2) is 15.8 Å². The van der Waals surface area contributed by atoms with Crippen LogP contribution >= 0.6 is 0 Å². The second-order valence-corrected chi connectivity index (χ2v) is 4.85. The topological polar surface area (TPSA) is 113 Å². The van der Waals surface area contributed by atoms with Gasteiger partial charge in [-0.1, -0.05) is 6.07 Å². The molecule has 23 heavy (non-hydrogen) atoms. The van der Waals surface area contributed by atoms with Crippen molar-refractivity contribution in [3.8, 4) is 5.75 Å². The number of aryl methyl sites for hydroxylation is 2. The normalized spacial score (nSPS) is 10.2. The quantitative estimate of drug-likeness (QED) is 0.370. The minimum atomic E-state index is -0.764. The van der Waals surface area contributed by atoms with Crippen LogP contribution in [0.3, 0.4) is 0 Å². The van der Waals surface area contributed by atoms with Crippen molar-refractivity contribution in [2.75, 3.05) is 0 Å². The minimum Gasteiger partial charge on any atom is -0.423 e. The number of benzene rings is 2. The molecule has 0 radical (unpaired) electrons. The van der Waals surface area contributed by atoms with Crippen molar-refractivity contribution >= 4 is 17.3 Å². The van der Waals surface area contributed by atoms with E-state index in [2.05, 4.69) is 0 Å². The van der Waals surface area contributed by atoms with Crippen molar-refractivity contribution < 1.29 is 19.4 Å². The summed E-state index contributed by atoms with van der Waals surface area (Å²) in [5, 5.41) is 21.5. The first-order valence-corrected chi connectivity index (χ1v) is 6.52. The van der Waals surface area contributed by atoms with Crippen molar-refractivity contribution in [1.82, 2.24) is 0 Å². The third-order valence-electron chi connectivity index (χ3n) is 3.23. The number of hydrogen-bond donors (Lipinski definition) is 0. The lowest BCUT2D eigenvalue weighted by Crippen LogP contribution is -2.11. The number of carbonyl (C=O) groups excluding carboxylic acids is 1. The summed E-state index contributed by atoms with van der Waals surface area (Å²) in [6, 6.07) is 7.78. The Balaban J connectivity index is 2.29. The van der Waals surface area contributed by atoms with E-state index in [4.69, 9.17) is 4.74 Å². The van der Waals surface area contributed by atoms with Crippen molar-refractivity contribution in [2.45, 2.75) is 13.8 Å². The summed E-state index contributed by atoms with van der Waals surface area (Å²) in [5.41, 5.74) is 0.629. The Morgan fingerprint density at radius 2 is 1.65 bits per heavy atom. The van der Waals surface area contributed by atoms with E-state index in [1.54, 1.807) is 6.92 Å². The van der Waals surface area contributed by atoms with Gasteiger partial charge < -0.3 is 4.74 Å². The Bertz CT molecular complexity index is 816. The Kier molecular flexibility index (Phi) is 4.35. The Morgan fingerprint density at radius 3 is 2.22 bits per heavy atom. The molecule has 2 aromatic rings. The summed E-state index contributed by atoms with van der Waals surface area (Å²) in [4.78, 5) is 32.6. The molecule has 8 nitrogen and oxygen atoms in total. The highest BCUT2D eigenvalue weighted by molar-refractivity contribution is 5.93. The fraction of sp³-hybridized carbons (Fsp3) is 0.133. The largest absolute Gasteiger partial charge is 0.423 e. The molecule has 0 fully saturated rings. The van der Waals surface area contributed by atoms with Crippen LogP contribution in [0.5, 0.6) is 5.75 Å². The molecule has 0 aliphatic rings. The van der Waals surface area contributed by atoms with Gasteiger partial charge in [0.2, 0.25) is 0 Å². The first kappa shape index (κ1) is 16.1. The van der Waals surface area contributed by atoms with E-state index in [0.717, 1.165) is 6.07 Å². The van der Waals surface area contributed by atoms with Gasteiger partial charge in [0.25, 0.3) is 11.4 Å². The molecule has 0 heterocycles. The average Bonchev–Trinajstić information content (AvgIpc) is 2.46. The van der Waals surface area contributed by atoms with Crippen LogP contribution in [0.1, 0.15) is 21.5 Å². The average molecular weight is 316 g/mol. The number of ether oxygens (including phenoxy) is 1. The predicted octanol–water partition coefficient (Wildman–Crippen LogP) is 3.34. The summed E-state index contributed by atoms with van der Waals surface area (Å²) in [6.45, 7) is 3.15. The van der Waals surface area contributed by atoms with Gasteiger partial charge in [0.05, 0.1) is 15.4 Å². The summed E-state index contributed by atoms with van der Waals surface area (Å²) in [6.07, 6.45) is 0. The van der Waals surface area contributed by atoms with Crippen LogP contribution in [0.4, 0.5) is 11.4 Å². The minimum absolute atomic E-state index is 0.0650. The van der Waals surface area contributed by atoms with Gasteiger partial charge in [-0.25, -0.2) is 4.79 Å². The van der Waals surface area contributed by atoms with Crippen molar-refractivity contribution in [1.29, 1.82) is 0 Å². The number of nitrogens with zero attached hydrogens (tertiary/aromatic N) is 2. The summed E-state index contributed by atoms with van der Waals surface area (Å²) in [7, 11) is 0. The molecule has 0 aromatic heterocycles.